The minimum atomic E-state index is -0.272. The number of carbonyl (C=O) groups excluding carboxylic acids is 1. The maximum Gasteiger partial charge on any atom is 0.257 e. The molecule has 2 aromatic heterocycles. The Morgan fingerprint density at radius 3 is 2.61 bits per heavy atom. The number of hydrogen-bond donors (Lipinski definition) is 1. The van der Waals surface area contributed by atoms with E-state index in [-0.39, 0.29) is 5.91 Å². The maximum atomic E-state index is 11.8. The standard InChI is InChI=1S/C12H10ClN3O2/c1-18-11-5-3-9(7-15-11)16-12(17)8-2-4-10(13)14-6-8/h2-7H,1H3,(H,16,17). The van der Waals surface area contributed by atoms with Crippen LogP contribution in [0.4, 0.5) is 5.69 Å². The molecule has 1 N–H and O–H groups in total. The summed E-state index contributed by atoms with van der Waals surface area (Å²) >= 11 is 5.64. The molecule has 0 saturated carbocycles. The molecule has 0 atom stereocenters. The van der Waals surface area contributed by atoms with Gasteiger partial charge in [0.1, 0.15) is 5.15 Å². The van der Waals surface area contributed by atoms with E-state index < -0.39 is 0 Å². The van der Waals surface area contributed by atoms with Crippen molar-refractivity contribution in [3.63, 3.8) is 0 Å². The molecule has 0 aromatic carbocycles. The predicted molar refractivity (Wildman–Crippen MR) is 68.0 cm³/mol. The average Bonchev–Trinajstić information content (AvgIpc) is 2.40. The predicted octanol–water partition coefficient (Wildman–Crippen LogP) is 2.39. The highest BCUT2D eigenvalue weighted by Gasteiger charge is 2.06. The van der Waals surface area contributed by atoms with E-state index in [4.69, 9.17) is 16.3 Å². The number of aromatic nitrogens is 2. The van der Waals surface area contributed by atoms with E-state index >= 15 is 0 Å². The third-order valence-corrected chi connectivity index (χ3v) is 2.42. The lowest BCUT2D eigenvalue weighted by Crippen LogP contribution is -2.12. The Kier molecular flexibility index (Phi) is 3.74. The Morgan fingerprint density at radius 1 is 1.22 bits per heavy atom. The number of amides is 1. The largest absolute Gasteiger partial charge is 0.481 e. The molecule has 0 aliphatic rings. The van der Waals surface area contributed by atoms with E-state index in [1.807, 2.05) is 0 Å². The summed E-state index contributed by atoms with van der Waals surface area (Å²) in [6.07, 6.45) is 2.93. The van der Waals surface area contributed by atoms with Crippen LogP contribution in [-0.2, 0) is 0 Å². The fraction of sp³-hybridized carbons (Fsp3) is 0.0833. The van der Waals surface area contributed by atoms with Crippen molar-refractivity contribution in [3.8, 4) is 5.88 Å². The highest BCUT2D eigenvalue weighted by molar-refractivity contribution is 6.29. The summed E-state index contributed by atoms with van der Waals surface area (Å²) in [4.78, 5) is 19.6. The number of hydrogen-bond acceptors (Lipinski definition) is 4. The first-order chi connectivity index (χ1) is 8.69. The number of rotatable bonds is 3. The van der Waals surface area contributed by atoms with Crippen LogP contribution in [0.3, 0.4) is 0 Å². The van der Waals surface area contributed by atoms with Gasteiger partial charge in [-0.25, -0.2) is 9.97 Å². The molecule has 0 fully saturated rings. The number of nitrogens with one attached hydrogen (secondary N) is 1. The molecular weight excluding hydrogens is 254 g/mol. The molecule has 0 spiro atoms. The minimum absolute atomic E-state index is 0.272. The summed E-state index contributed by atoms with van der Waals surface area (Å²) in [5, 5.41) is 3.03. The average molecular weight is 264 g/mol. The summed E-state index contributed by atoms with van der Waals surface area (Å²) in [6, 6.07) is 6.52. The van der Waals surface area contributed by atoms with Gasteiger partial charge in [-0.15, -0.1) is 0 Å². The Labute approximate surface area is 109 Å². The summed E-state index contributed by atoms with van der Waals surface area (Å²) in [7, 11) is 1.53. The molecule has 1 amide bonds. The number of methoxy groups -OCH3 is 1. The fourth-order valence-corrected chi connectivity index (χ4v) is 1.40. The molecule has 2 rings (SSSR count). The lowest BCUT2D eigenvalue weighted by Gasteiger charge is -2.05. The zero-order chi connectivity index (χ0) is 13.0. The zero-order valence-electron chi connectivity index (χ0n) is 9.55. The molecule has 92 valence electrons. The minimum Gasteiger partial charge on any atom is -0.481 e. The van der Waals surface area contributed by atoms with Crippen molar-refractivity contribution in [1.29, 1.82) is 0 Å². The smallest absolute Gasteiger partial charge is 0.257 e. The SMILES string of the molecule is COc1ccc(NC(=O)c2ccc(Cl)nc2)cn1. The second-order valence-corrected chi connectivity index (χ2v) is 3.80. The van der Waals surface area contributed by atoms with Crippen molar-refractivity contribution in [3.05, 3.63) is 47.4 Å². The summed E-state index contributed by atoms with van der Waals surface area (Å²) < 4.78 is 4.92. The Morgan fingerprint density at radius 2 is 2.06 bits per heavy atom. The lowest BCUT2D eigenvalue weighted by molar-refractivity contribution is 0.102. The molecule has 0 bridgehead atoms. The molecule has 0 unspecified atom stereocenters. The first-order valence-corrected chi connectivity index (χ1v) is 5.50. The van der Waals surface area contributed by atoms with Crippen LogP contribution in [0.5, 0.6) is 5.88 Å². The molecule has 2 aromatic rings. The van der Waals surface area contributed by atoms with Crippen molar-refractivity contribution in [2.24, 2.45) is 0 Å². The fourth-order valence-electron chi connectivity index (χ4n) is 1.29. The van der Waals surface area contributed by atoms with Crippen LogP contribution in [0, 0.1) is 0 Å². The molecule has 0 aliphatic carbocycles. The van der Waals surface area contributed by atoms with Crippen molar-refractivity contribution in [2.75, 3.05) is 12.4 Å². The van der Waals surface area contributed by atoms with Crippen LogP contribution < -0.4 is 10.1 Å². The Bertz CT molecular complexity index is 540. The molecular formula is C12H10ClN3O2. The summed E-state index contributed by atoms with van der Waals surface area (Å²) in [6.45, 7) is 0. The second-order valence-electron chi connectivity index (χ2n) is 3.41. The van der Waals surface area contributed by atoms with Gasteiger partial charge < -0.3 is 10.1 Å². The van der Waals surface area contributed by atoms with Gasteiger partial charge in [0.05, 0.1) is 24.6 Å². The van der Waals surface area contributed by atoms with Gasteiger partial charge in [0.15, 0.2) is 0 Å². The highest BCUT2D eigenvalue weighted by atomic mass is 35.5. The molecule has 2 heterocycles. The van der Waals surface area contributed by atoms with Gasteiger partial charge in [-0.2, -0.15) is 0 Å². The second kappa shape index (κ2) is 5.46. The van der Waals surface area contributed by atoms with Gasteiger partial charge in [0.2, 0.25) is 5.88 Å². The van der Waals surface area contributed by atoms with Crippen LogP contribution in [0.25, 0.3) is 0 Å². The van der Waals surface area contributed by atoms with Crippen LogP contribution in [0.15, 0.2) is 36.7 Å². The Hall–Kier alpha value is -2.14. The van der Waals surface area contributed by atoms with Gasteiger partial charge in [-0.1, -0.05) is 11.6 Å². The number of halogens is 1. The van der Waals surface area contributed by atoms with Crippen molar-refractivity contribution in [1.82, 2.24) is 9.97 Å². The van der Waals surface area contributed by atoms with Crippen LogP contribution in [-0.4, -0.2) is 23.0 Å². The molecule has 0 saturated heterocycles. The van der Waals surface area contributed by atoms with Crippen LogP contribution in [0.1, 0.15) is 10.4 Å². The van der Waals surface area contributed by atoms with Crippen molar-refractivity contribution in [2.45, 2.75) is 0 Å². The first-order valence-electron chi connectivity index (χ1n) is 5.12. The number of pyridine rings is 2. The normalized spacial score (nSPS) is 9.89. The lowest BCUT2D eigenvalue weighted by atomic mass is 10.2. The summed E-state index contributed by atoms with van der Waals surface area (Å²) in [5.41, 5.74) is 1.01. The maximum absolute atomic E-state index is 11.8. The van der Waals surface area contributed by atoms with E-state index in [9.17, 15) is 4.79 Å². The van der Waals surface area contributed by atoms with Gasteiger partial charge >= 0.3 is 0 Å². The van der Waals surface area contributed by atoms with Gasteiger partial charge in [0, 0.05) is 12.3 Å². The highest BCUT2D eigenvalue weighted by Crippen LogP contribution is 2.12. The molecule has 0 radical (unpaired) electrons. The zero-order valence-corrected chi connectivity index (χ0v) is 10.3. The number of ether oxygens (including phenoxy) is 1. The third kappa shape index (κ3) is 2.95. The molecule has 6 heteroatoms. The number of carbonyl (C=O) groups is 1. The third-order valence-electron chi connectivity index (χ3n) is 2.19. The number of anilines is 1. The quantitative estimate of drug-likeness (QED) is 0.864. The Balaban J connectivity index is 2.08. The first kappa shape index (κ1) is 12.3. The van der Waals surface area contributed by atoms with E-state index in [0.717, 1.165) is 0 Å². The van der Waals surface area contributed by atoms with E-state index in [1.165, 1.54) is 19.5 Å². The van der Waals surface area contributed by atoms with E-state index in [2.05, 4.69) is 15.3 Å². The molecule has 0 aliphatic heterocycles. The van der Waals surface area contributed by atoms with Gasteiger partial charge in [0.25, 0.3) is 5.91 Å². The monoisotopic (exact) mass is 263 g/mol. The van der Waals surface area contributed by atoms with Gasteiger partial charge in [-0.3, -0.25) is 4.79 Å². The molecule has 5 nitrogen and oxygen atoms in total. The van der Waals surface area contributed by atoms with Crippen LogP contribution in [0.2, 0.25) is 5.15 Å². The van der Waals surface area contributed by atoms with Crippen molar-refractivity contribution < 1.29 is 9.53 Å². The van der Waals surface area contributed by atoms with Gasteiger partial charge in [-0.05, 0) is 18.2 Å². The van der Waals surface area contributed by atoms with Crippen LogP contribution >= 0.6 is 11.6 Å². The van der Waals surface area contributed by atoms with E-state index in [0.29, 0.717) is 22.3 Å². The van der Waals surface area contributed by atoms with E-state index in [1.54, 1.807) is 24.3 Å². The summed E-state index contributed by atoms with van der Waals surface area (Å²) in [5.74, 6) is 0.215. The topological polar surface area (TPSA) is 64.1 Å². The van der Waals surface area contributed by atoms with Crippen molar-refractivity contribution >= 4 is 23.2 Å². The molecule has 18 heavy (non-hydrogen) atoms. The number of nitrogens with zero attached hydrogens (tertiary/aromatic N) is 2.